The summed E-state index contributed by atoms with van der Waals surface area (Å²) in [5.74, 6) is -0.588. The van der Waals surface area contributed by atoms with Gasteiger partial charge in [0.05, 0.1) is 11.9 Å². The van der Waals surface area contributed by atoms with E-state index < -0.39 is 33.5 Å². The van der Waals surface area contributed by atoms with Crippen molar-refractivity contribution in [3.8, 4) is 11.1 Å². The van der Waals surface area contributed by atoms with Crippen LogP contribution in [0.3, 0.4) is 0 Å². The molecule has 17 heteroatoms. The molecule has 48 heavy (non-hydrogen) atoms. The van der Waals surface area contributed by atoms with E-state index in [0.29, 0.717) is 15.7 Å². The first-order chi connectivity index (χ1) is 23.0. The topological polar surface area (TPSA) is 163 Å². The Hall–Kier alpha value is -4.57. The normalized spacial score (nSPS) is 21.3. The van der Waals surface area contributed by atoms with E-state index in [2.05, 4.69) is 25.6 Å². The Kier molecular flexibility index (Phi) is 8.10. The summed E-state index contributed by atoms with van der Waals surface area (Å²) in [6, 6.07) is 11.1. The maximum Gasteiger partial charge on any atom is 0.315 e. The summed E-state index contributed by atoms with van der Waals surface area (Å²) < 4.78 is 31.3. The fourth-order valence-electron chi connectivity index (χ4n) is 6.38. The minimum atomic E-state index is -4.20. The van der Waals surface area contributed by atoms with Crippen LogP contribution in [0.25, 0.3) is 11.1 Å². The van der Waals surface area contributed by atoms with E-state index >= 15 is 0 Å². The van der Waals surface area contributed by atoms with Gasteiger partial charge in [0.25, 0.3) is 15.9 Å². The molecular weight excluding hydrogens is 681 g/mol. The molecule has 248 valence electrons. The zero-order chi connectivity index (χ0) is 33.8. The van der Waals surface area contributed by atoms with Crippen molar-refractivity contribution in [3.63, 3.8) is 0 Å². The van der Waals surface area contributed by atoms with E-state index in [4.69, 9.17) is 23.2 Å². The predicted octanol–water partition coefficient (Wildman–Crippen LogP) is 2.80. The SMILES string of the molecule is CC1(Cc2ccc(-c3cncnc3)cc2)C(=O)N(c2cc(Cl)cc(Cl)c2)c2ncc(S(=O)(=O)N3CCN(C(=O)C4CNC(=O)N4)CC3)n21. The first-order valence-electron chi connectivity index (χ1n) is 15.0. The molecule has 0 radical (unpaired) electrons. The standard InChI is InChI=1S/C31H29Cl2N9O5S/c1-31(13-19-2-4-20(5-3-19)21-14-34-18-35-15-21)28(44)41(24-11-22(32)10-23(33)12-24)30-37-17-26(42(30)31)48(46,47)40-8-6-39(7-9-40)27(43)25-16-36-29(45)38-25/h2-5,10-12,14-15,17-18,25H,6-9,13,16H2,1H3,(H2,36,38,45). The summed E-state index contributed by atoms with van der Waals surface area (Å²) in [7, 11) is -4.20. The Labute approximate surface area is 285 Å². The number of piperazine rings is 1. The van der Waals surface area contributed by atoms with Crippen LogP contribution < -0.4 is 15.5 Å². The molecule has 14 nitrogen and oxygen atoms in total. The van der Waals surface area contributed by atoms with Crippen molar-refractivity contribution in [3.05, 3.63) is 83.0 Å². The van der Waals surface area contributed by atoms with Crippen molar-refractivity contribution in [2.75, 3.05) is 37.6 Å². The van der Waals surface area contributed by atoms with Crippen LogP contribution in [0.1, 0.15) is 12.5 Å². The van der Waals surface area contributed by atoms with E-state index in [1.54, 1.807) is 31.5 Å². The van der Waals surface area contributed by atoms with Gasteiger partial charge < -0.3 is 15.5 Å². The van der Waals surface area contributed by atoms with Crippen LogP contribution in [0.5, 0.6) is 0 Å². The van der Waals surface area contributed by atoms with Crippen molar-refractivity contribution >= 4 is 62.7 Å². The molecule has 2 unspecified atom stereocenters. The van der Waals surface area contributed by atoms with Crippen LogP contribution in [0.2, 0.25) is 10.0 Å². The zero-order valence-corrected chi connectivity index (χ0v) is 27.8. The highest BCUT2D eigenvalue weighted by atomic mass is 35.5. The monoisotopic (exact) mass is 709 g/mol. The van der Waals surface area contributed by atoms with Crippen LogP contribution in [0.15, 0.2) is 72.4 Å². The number of anilines is 2. The molecule has 2 N–H and O–H groups in total. The first kappa shape index (κ1) is 32.0. The Bertz CT molecular complexity index is 2020. The number of halogens is 2. The number of imidazole rings is 1. The van der Waals surface area contributed by atoms with E-state index in [1.165, 1.54) is 37.3 Å². The third-order valence-electron chi connectivity index (χ3n) is 8.79. The van der Waals surface area contributed by atoms with Crippen LogP contribution in [-0.2, 0) is 31.6 Å². The number of urea groups is 1. The van der Waals surface area contributed by atoms with Gasteiger partial charge in [-0.1, -0.05) is 47.5 Å². The number of benzene rings is 2. The lowest BCUT2D eigenvalue weighted by molar-refractivity contribution is -0.133. The molecule has 2 aromatic heterocycles. The lowest BCUT2D eigenvalue weighted by atomic mass is 9.91. The summed E-state index contributed by atoms with van der Waals surface area (Å²) >= 11 is 12.6. The van der Waals surface area contributed by atoms with Gasteiger partial charge in [-0.3, -0.25) is 14.2 Å². The molecule has 2 saturated heterocycles. The molecule has 3 aliphatic rings. The number of hydrogen-bond donors (Lipinski definition) is 2. The molecule has 0 spiro atoms. The number of carbonyl (C=O) groups excluding carboxylic acids is 3. The van der Waals surface area contributed by atoms with E-state index in [1.807, 2.05) is 24.3 Å². The number of fused-ring (bicyclic) bond motifs is 1. The molecule has 0 saturated carbocycles. The quantitative estimate of drug-likeness (QED) is 0.296. The number of aromatic nitrogens is 4. The maximum atomic E-state index is 14.5. The fourth-order valence-corrected chi connectivity index (χ4v) is 8.50. The van der Waals surface area contributed by atoms with E-state index in [-0.39, 0.29) is 56.0 Å². The highest BCUT2D eigenvalue weighted by Crippen LogP contribution is 2.45. The molecule has 5 heterocycles. The molecule has 2 aromatic carbocycles. The second-order valence-electron chi connectivity index (χ2n) is 11.9. The highest BCUT2D eigenvalue weighted by molar-refractivity contribution is 7.89. The second kappa shape index (κ2) is 12.1. The molecule has 4 aromatic rings. The van der Waals surface area contributed by atoms with Crippen LogP contribution >= 0.6 is 23.2 Å². The maximum absolute atomic E-state index is 14.5. The summed E-state index contributed by atoms with van der Waals surface area (Å²) in [5.41, 5.74) is 1.41. The van der Waals surface area contributed by atoms with E-state index in [9.17, 15) is 22.8 Å². The van der Waals surface area contributed by atoms with Crippen molar-refractivity contribution in [1.29, 1.82) is 0 Å². The average molecular weight is 711 g/mol. The number of carbonyl (C=O) groups is 3. The molecular formula is C31H29Cl2N9O5S. The summed E-state index contributed by atoms with van der Waals surface area (Å²) in [6.07, 6.45) is 6.24. The van der Waals surface area contributed by atoms with Gasteiger partial charge in [0, 0.05) is 67.1 Å². The van der Waals surface area contributed by atoms with Gasteiger partial charge in [-0.2, -0.15) is 4.31 Å². The number of nitrogens with one attached hydrogen (secondary N) is 2. The van der Waals surface area contributed by atoms with Gasteiger partial charge in [-0.15, -0.1) is 0 Å². The Morgan fingerprint density at radius 3 is 2.25 bits per heavy atom. The van der Waals surface area contributed by atoms with Crippen molar-refractivity contribution in [2.45, 2.75) is 30.0 Å². The van der Waals surface area contributed by atoms with Gasteiger partial charge in [-0.25, -0.2) is 33.1 Å². The average Bonchev–Trinajstić information content (AvgIpc) is 3.77. The molecule has 3 aliphatic heterocycles. The van der Waals surface area contributed by atoms with Gasteiger partial charge in [0.1, 0.15) is 17.9 Å². The smallest absolute Gasteiger partial charge is 0.315 e. The molecule has 4 amide bonds. The van der Waals surface area contributed by atoms with Gasteiger partial charge >= 0.3 is 6.03 Å². The van der Waals surface area contributed by atoms with Crippen molar-refractivity contribution in [1.82, 2.24) is 39.4 Å². The third-order valence-corrected chi connectivity index (χ3v) is 11.1. The number of amides is 4. The molecule has 0 aliphatic carbocycles. The summed E-state index contributed by atoms with van der Waals surface area (Å²) in [5, 5.41) is 5.56. The fraction of sp³-hybridized carbons (Fsp3) is 0.290. The van der Waals surface area contributed by atoms with Gasteiger partial charge in [0.15, 0.2) is 5.03 Å². The Balaban J connectivity index is 1.22. The molecule has 0 bridgehead atoms. The largest absolute Gasteiger partial charge is 0.338 e. The van der Waals surface area contributed by atoms with Crippen LogP contribution in [0.4, 0.5) is 16.4 Å². The minimum Gasteiger partial charge on any atom is -0.338 e. The first-order valence-corrected chi connectivity index (χ1v) is 17.2. The number of hydrogen-bond acceptors (Lipinski definition) is 8. The lowest BCUT2D eigenvalue weighted by Gasteiger charge is -2.35. The number of nitrogens with zero attached hydrogens (tertiary/aromatic N) is 7. The third kappa shape index (κ3) is 5.55. The summed E-state index contributed by atoms with van der Waals surface area (Å²) in [4.78, 5) is 54.4. The number of sulfonamides is 1. The zero-order valence-electron chi connectivity index (χ0n) is 25.5. The van der Waals surface area contributed by atoms with Crippen molar-refractivity contribution < 1.29 is 22.8 Å². The predicted molar refractivity (Wildman–Crippen MR) is 176 cm³/mol. The van der Waals surface area contributed by atoms with Gasteiger partial charge in [-0.05, 0) is 36.2 Å². The van der Waals surface area contributed by atoms with E-state index in [0.717, 1.165) is 16.7 Å². The van der Waals surface area contributed by atoms with Crippen LogP contribution in [0, 0.1) is 0 Å². The Morgan fingerprint density at radius 1 is 0.958 bits per heavy atom. The summed E-state index contributed by atoms with van der Waals surface area (Å²) in [6.45, 7) is 2.16. The lowest BCUT2D eigenvalue weighted by Crippen LogP contribution is -2.55. The molecule has 7 rings (SSSR count). The highest BCUT2D eigenvalue weighted by Gasteiger charge is 2.52. The Morgan fingerprint density at radius 2 is 1.62 bits per heavy atom. The van der Waals surface area contributed by atoms with Crippen molar-refractivity contribution in [2.24, 2.45) is 0 Å². The van der Waals surface area contributed by atoms with Crippen LogP contribution in [-0.4, -0.2) is 93.8 Å². The second-order valence-corrected chi connectivity index (χ2v) is 14.7. The molecule has 2 atom stereocenters. The minimum absolute atomic E-state index is 0.0195. The van der Waals surface area contributed by atoms with Gasteiger partial charge in [0.2, 0.25) is 11.9 Å². The number of rotatable bonds is 7. The molecule has 2 fully saturated rings.